The zero-order chi connectivity index (χ0) is 29.6. The molecule has 0 unspecified atom stereocenters. The lowest BCUT2D eigenvalue weighted by Gasteiger charge is -2.33. The molecule has 0 aliphatic heterocycles. The van der Waals surface area contributed by atoms with Gasteiger partial charge in [0, 0.05) is 6.42 Å². The van der Waals surface area contributed by atoms with Crippen LogP contribution in [0.5, 0.6) is 5.75 Å². The minimum atomic E-state index is -5.69. The van der Waals surface area contributed by atoms with Gasteiger partial charge in [-0.05, 0) is 98.7 Å². The van der Waals surface area contributed by atoms with E-state index in [0.717, 1.165) is 18.6 Å². The first kappa shape index (κ1) is 28.9. The first-order valence-electron chi connectivity index (χ1n) is 13.6. The number of halogens is 3. The van der Waals surface area contributed by atoms with Crippen LogP contribution in [0.2, 0.25) is 0 Å². The Morgan fingerprint density at radius 3 is 2.32 bits per heavy atom. The van der Waals surface area contributed by atoms with Crippen LogP contribution < -0.4 is 4.18 Å². The van der Waals surface area contributed by atoms with Crippen LogP contribution in [0.1, 0.15) is 61.4 Å². The minimum Gasteiger partial charge on any atom is -0.376 e. The normalized spacial score (nSPS) is 16.1. The Hall–Kier alpha value is -3.65. The lowest BCUT2D eigenvalue weighted by molar-refractivity contribution is -0.114. The maximum atomic E-state index is 12.1. The van der Waals surface area contributed by atoms with Crippen LogP contribution >= 0.6 is 0 Å². The van der Waals surface area contributed by atoms with Crippen LogP contribution in [-0.2, 0) is 39.6 Å². The fourth-order valence-corrected chi connectivity index (χ4v) is 6.36. The van der Waals surface area contributed by atoms with E-state index in [1.165, 1.54) is 64.6 Å². The molecule has 0 radical (unpaired) electrons. The highest BCUT2D eigenvalue weighted by Crippen LogP contribution is 2.42. The lowest BCUT2D eigenvalue weighted by atomic mass is 9.71. The number of ketones is 1. The Balaban J connectivity index is 0.000000167. The molecule has 0 saturated heterocycles. The van der Waals surface area contributed by atoms with Crippen molar-refractivity contribution in [3.8, 4) is 5.75 Å². The molecular formula is C33H31F3O4S. The van der Waals surface area contributed by atoms with E-state index >= 15 is 0 Å². The molecule has 8 heteroatoms. The second kappa shape index (κ2) is 10.6. The highest BCUT2D eigenvalue weighted by Gasteiger charge is 2.48. The van der Waals surface area contributed by atoms with E-state index in [1.807, 2.05) is 0 Å². The molecule has 4 aromatic carbocycles. The number of hydrogen-bond donors (Lipinski definition) is 0. The van der Waals surface area contributed by atoms with Gasteiger partial charge >= 0.3 is 15.6 Å². The third-order valence-corrected chi connectivity index (χ3v) is 8.97. The summed E-state index contributed by atoms with van der Waals surface area (Å²) in [4.78, 5) is 11.2. The van der Waals surface area contributed by atoms with E-state index in [-0.39, 0.29) is 12.2 Å². The van der Waals surface area contributed by atoms with Gasteiger partial charge in [-0.3, -0.25) is 4.79 Å². The van der Waals surface area contributed by atoms with Crippen molar-refractivity contribution < 1.29 is 30.6 Å². The Morgan fingerprint density at radius 1 is 0.902 bits per heavy atom. The van der Waals surface area contributed by atoms with Gasteiger partial charge in [0.1, 0.15) is 5.75 Å². The molecule has 0 fully saturated rings. The number of allylic oxidation sites excluding steroid dienone is 1. The molecule has 214 valence electrons. The zero-order valence-corrected chi connectivity index (χ0v) is 24.0. The Kier molecular flexibility index (Phi) is 7.49. The summed E-state index contributed by atoms with van der Waals surface area (Å²) in [5.74, 6) is -0.692. The number of alkyl halides is 3. The fraction of sp³-hybridized carbons (Fsp3) is 0.303. The average molecular weight is 581 g/mol. The Bertz CT molecular complexity index is 1800. The molecule has 4 nitrogen and oxygen atoms in total. The summed E-state index contributed by atoms with van der Waals surface area (Å²) >= 11 is 0. The van der Waals surface area contributed by atoms with Gasteiger partial charge in [-0.25, -0.2) is 0 Å². The van der Waals surface area contributed by atoms with Gasteiger partial charge in [-0.1, -0.05) is 75.4 Å². The summed E-state index contributed by atoms with van der Waals surface area (Å²) in [5, 5.41) is 5.78. The van der Waals surface area contributed by atoms with Crippen LogP contribution in [0.25, 0.3) is 27.6 Å². The number of aryl methyl sites for hydroxylation is 2. The summed E-state index contributed by atoms with van der Waals surface area (Å²) in [5.41, 5.74) is 0.551. The van der Waals surface area contributed by atoms with Gasteiger partial charge in [0.25, 0.3) is 0 Å². The predicted octanol–water partition coefficient (Wildman–Crippen LogP) is 8.22. The first-order valence-corrected chi connectivity index (χ1v) is 15.0. The lowest BCUT2D eigenvalue weighted by Crippen LogP contribution is -2.28. The zero-order valence-electron chi connectivity index (χ0n) is 23.1. The van der Waals surface area contributed by atoms with Gasteiger partial charge in [0.15, 0.2) is 5.78 Å². The van der Waals surface area contributed by atoms with Crippen LogP contribution in [0.4, 0.5) is 13.2 Å². The van der Waals surface area contributed by atoms with Gasteiger partial charge in [-0.15, -0.1) is 0 Å². The average Bonchev–Trinajstić information content (AvgIpc) is 2.91. The highest BCUT2D eigenvalue weighted by molar-refractivity contribution is 7.88. The molecule has 2 aliphatic carbocycles. The first-order chi connectivity index (χ1) is 19.3. The van der Waals surface area contributed by atoms with Crippen molar-refractivity contribution in [3.05, 3.63) is 94.6 Å². The summed E-state index contributed by atoms with van der Waals surface area (Å²) in [7, 11) is -5.69. The van der Waals surface area contributed by atoms with Crippen LogP contribution in [0.3, 0.4) is 0 Å². The quantitative estimate of drug-likeness (QED) is 0.139. The minimum absolute atomic E-state index is 0.00486. The van der Waals surface area contributed by atoms with Gasteiger partial charge < -0.3 is 4.18 Å². The predicted molar refractivity (Wildman–Crippen MR) is 157 cm³/mol. The number of rotatable bonds is 3. The van der Waals surface area contributed by atoms with Crippen LogP contribution in [0, 0.1) is 0 Å². The van der Waals surface area contributed by atoms with E-state index in [4.69, 9.17) is 0 Å². The fourth-order valence-electron chi connectivity index (χ4n) is 5.91. The van der Waals surface area contributed by atoms with Crippen LogP contribution in [0.15, 0.2) is 66.7 Å². The molecule has 0 aromatic heterocycles. The van der Waals surface area contributed by atoms with E-state index in [0.29, 0.717) is 16.5 Å². The molecule has 0 N–H and O–H groups in total. The second-order valence-corrected chi connectivity index (χ2v) is 12.7. The second-order valence-electron chi connectivity index (χ2n) is 11.2. The van der Waals surface area contributed by atoms with Crippen molar-refractivity contribution in [2.75, 3.05) is 0 Å². The van der Waals surface area contributed by atoms with E-state index in [9.17, 15) is 26.4 Å². The molecule has 2 aliphatic rings. The highest BCUT2D eigenvalue weighted by atomic mass is 32.2. The smallest absolute Gasteiger partial charge is 0.376 e. The van der Waals surface area contributed by atoms with Gasteiger partial charge in [0.2, 0.25) is 0 Å². The Morgan fingerprint density at radius 2 is 1.61 bits per heavy atom. The number of hydrogen-bond acceptors (Lipinski definition) is 4. The topological polar surface area (TPSA) is 60.4 Å². The summed E-state index contributed by atoms with van der Waals surface area (Å²) < 4.78 is 62.1. The van der Waals surface area contributed by atoms with Crippen LogP contribution in [-0.4, -0.2) is 19.7 Å². The molecular weight excluding hydrogens is 549 g/mol. The van der Waals surface area contributed by atoms with Crippen molar-refractivity contribution in [2.45, 2.75) is 63.8 Å². The van der Waals surface area contributed by atoms with Crippen molar-refractivity contribution in [2.24, 2.45) is 0 Å². The van der Waals surface area contributed by atoms with E-state index in [1.54, 1.807) is 11.1 Å². The molecule has 0 spiro atoms. The van der Waals surface area contributed by atoms with E-state index in [2.05, 4.69) is 67.4 Å². The van der Waals surface area contributed by atoms with Crippen molar-refractivity contribution >= 4 is 43.5 Å². The molecule has 0 amide bonds. The molecule has 4 aromatic rings. The standard InChI is InChI=1S/C22H24.C11H7F3O4S/c1-4-15-14-20-18(17-9-6-5-8-16(15)17)11-12-21-19(20)10-7-13-22(21,2)3;12-11(13,14)19(16,17)18-10-4-2-7-1-3-9(15)5-8(7)6-10/h5-6,8-9,11-12,14H,4,7,10,13H2,1-3H3;1-4,6H,5H2. The van der Waals surface area contributed by atoms with Gasteiger partial charge in [-0.2, -0.15) is 21.6 Å². The van der Waals surface area contributed by atoms with Crippen molar-refractivity contribution in [3.63, 3.8) is 0 Å². The SMILES string of the molecule is CCc1cc2c3c(ccc2c2ccccc12)C(C)(C)CCC3.O=C1C=Cc2ccc(OS(=O)(=O)C(F)(F)F)cc2C1. The molecule has 0 saturated carbocycles. The third kappa shape index (κ3) is 5.62. The number of carbonyl (C=O) groups is 1. The maximum Gasteiger partial charge on any atom is 0.534 e. The molecule has 41 heavy (non-hydrogen) atoms. The Labute approximate surface area is 238 Å². The largest absolute Gasteiger partial charge is 0.534 e. The summed E-state index contributed by atoms with van der Waals surface area (Å²) in [6.45, 7) is 7.07. The molecule has 0 heterocycles. The maximum absolute atomic E-state index is 12.1. The number of carbonyl (C=O) groups excluding carboxylic acids is 1. The third-order valence-electron chi connectivity index (χ3n) is 7.99. The molecule has 6 rings (SSSR count). The number of fused-ring (bicyclic) bond motifs is 6. The monoisotopic (exact) mass is 580 g/mol. The van der Waals surface area contributed by atoms with Crippen molar-refractivity contribution in [1.29, 1.82) is 0 Å². The van der Waals surface area contributed by atoms with E-state index < -0.39 is 21.4 Å². The summed E-state index contributed by atoms with van der Waals surface area (Å²) in [6, 6.07) is 19.7. The van der Waals surface area contributed by atoms with Gasteiger partial charge in [0.05, 0.1) is 0 Å². The summed E-state index contributed by atoms with van der Waals surface area (Å²) in [6.07, 6.45) is 7.79. The van der Waals surface area contributed by atoms with Crippen molar-refractivity contribution in [1.82, 2.24) is 0 Å². The number of benzene rings is 4. The molecule has 0 bridgehead atoms. The molecule has 0 atom stereocenters.